The van der Waals surface area contributed by atoms with Crippen molar-refractivity contribution in [3.8, 4) is 0 Å². The Morgan fingerprint density at radius 2 is 1.93 bits per heavy atom. The second-order valence-electron chi connectivity index (χ2n) is 3.19. The van der Waals surface area contributed by atoms with Crippen molar-refractivity contribution >= 4 is 0 Å². The Morgan fingerprint density at radius 1 is 1.29 bits per heavy atom. The second kappa shape index (κ2) is 5.40. The van der Waals surface area contributed by atoms with E-state index in [1.54, 1.807) is 12.2 Å². The minimum absolute atomic E-state index is 0.0209. The minimum Gasteiger partial charge on any atom is -0.388 e. The lowest BCUT2D eigenvalue weighted by Gasteiger charge is -2.16. The van der Waals surface area contributed by atoms with Gasteiger partial charge in [-0.2, -0.15) is 0 Å². The molecule has 0 bridgehead atoms. The summed E-state index contributed by atoms with van der Waals surface area (Å²) in [5.74, 6) is -0.0209. The maximum absolute atomic E-state index is 9.80. The molecule has 1 heteroatoms. The number of benzene rings is 1. The van der Waals surface area contributed by atoms with Gasteiger partial charge in [0, 0.05) is 5.92 Å². The third-order valence-corrected chi connectivity index (χ3v) is 2.20. The standard InChI is InChI=1S/C13H16O/c1-3-8-13(14)12(4-2)11-9-6-5-7-10-11/h3-10,12-14H,2H2,1H3/b8-3+/t12-,13-/m0/s1. The molecule has 1 N–H and O–H groups in total. The van der Waals surface area contributed by atoms with Crippen molar-refractivity contribution in [1.29, 1.82) is 0 Å². The van der Waals surface area contributed by atoms with Crippen LogP contribution in [0.4, 0.5) is 0 Å². The van der Waals surface area contributed by atoms with E-state index in [0.717, 1.165) is 5.56 Å². The average Bonchev–Trinajstić information content (AvgIpc) is 2.21. The van der Waals surface area contributed by atoms with Gasteiger partial charge in [0.25, 0.3) is 0 Å². The molecule has 0 aromatic heterocycles. The highest BCUT2D eigenvalue weighted by Gasteiger charge is 2.14. The second-order valence-corrected chi connectivity index (χ2v) is 3.19. The van der Waals surface area contributed by atoms with Crippen LogP contribution in [-0.4, -0.2) is 11.2 Å². The van der Waals surface area contributed by atoms with Gasteiger partial charge in [0.05, 0.1) is 6.10 Å². The topological polar surface area (TPSA) is 20.2 Å². The van der Waals surface area contributed by atoms with Crippen LogP contribution >= 0.6 is 0 Å². The average molecular weight is 188 g/mol. The summed E-state index contributed by atoms with van der Waals surface area (Å²) < 4.78 is 0. The third-order valence-electron chi connectivity index (χ3n) is 2.20. The number of hydrogen-bond donors (Lipinski definition) is 1. The largest absolute Gasteiger partial charge is 0.388 e. The molecule has 0 unspecified atom stereocenters. The zero-order chi connectivity index (χ0) is 10.4. The molecule has 2 atom stereocenters. The maximum atomic E-state index is 9.80. The van der Waals surface area contributed by atoms with Crippen LogP contribution in [0.5, 0.6) is 0 Å². The van der Waals surface area contributed by atoms with Gasteiger partial charge in [-0.15, -0.1) is 6.58 Å². The first-order valence-electron chi connectivity index (χ1n) is 4.78. The fraction of sp³-hybridized carbons (Fsp3) is 0.231. The summed E-state index contributed by atoms with van der Waals surface area (Å²) in [6.07, 6.45) is 4.92. The van der Waals surface area contributed by atoms with E-state index in [2.05, 4.69) is 6.58 Å². The maximum Gasteiger partial charge on any atom is 0.0823 e. The Hall–Kier alpha value is -1.34. The molecule has 0 spiro atoms. The van der Waals surface area contributed by atoms with Gasteiger partial charge in [-0.25, -0.2) is 0 Å². The first kappa shape index (κ1) is 10.7. The van der Waals surface area contributed by atoms with E-state index in [0.29, 0.717) is 0 Å². The summed E-state index contributed by atoms with van der Waals surface area (Å²) in [6.45, 7) is 5.64. The Labute approximate surface area is 85.4 Å². The Bertz CT molecular complexity index is 300. The quantitative estimate of drug-likeness (QED) is 0.720. The van der Waals surface area contributed by atoms with Crippen LogP contribution in [0.15, 0.2) is 55.1 Å². The third kappa shape index (κ3) is 2.57. The lowest BCUT2D eigenvalue weighted by molar-refractivity contribution is 0.207. The minimum atomic E-state index is -0.486. The van der Waals surface area contributed by atoms with Crippen molar-refractivity contribution in [1.82, 2.24) is 0 Å². The molecule has 1 nitrogen and oxygen atoms in total. The highest BCUT2D eigenvalue weighted by Crippen LogP contribution is 2.21. The lowest BCUT2D eigenvalue weighted by atomic mass is 9.93. The molecule has 0 aliphatic rings. The molecule has 0 fully saturated rings. The molecule has 0 radical (unpaired) electrons. The van der Waals surface area contributed by atoms with Crippen LogP contribution in [-0.2, 0) is 0 Å². The molecule has 0 heterocycles. The van der Waals surface area contributed by atoms with E-state index in [4.69, 9.17) is 0 Å². The van der Waals surface area contributed by atoms with E-state index in [1.807, 2.05) is 43.3 Å². The smallest absolute Gasteiger partial charge is 0.0823 e. The van der Waals surface area contributed by atoms with E-state index < -0.39 is 6.10 Å². The molecule has 0 aliphatic heterocycles. The van der Waals surface area contributed by atoms with E-state index >= 15 is 0 Å². The summed E-state index contributed by atoms with van der Waals surface area (Å²) in [5.41, 5.74) is 1.09. The molecule has 0 saturated carbocycles. The predicted molar refractivity (Wildman–Crippen MR) is 60.2 cm³/mol. The van der Waals surface area contributed by atoms with E-state index in [9.17, 15) is 5.11 Å². The normalized spacial score (nSPS) is 15.3. The van der Waals surface area contributed by atoms with Crippen LogP contribution in [0.25, 0.3) is 0 Å². The summed E-state index contributed by atoms with van der Waals surface area (Å²) in [6, 6.07) is 9.90. The van der Waals surface area contributed by atoms with Gasteiger partial charge in [0.1, 0.15) is 0 Å². The molecule has 0 aliphatic carbocycles. The Balaban J connectivity index is 2.87. The summed E-state index contributed by atoms with van der Waals surface area (Å²) in [7, 11) is 0. The molecular formula is C13H16O. The monoisotopic (exact) mass is 188 g/mol. The van der Waals surface area contributed by atoms with Gasteiger partial charge in [0.15, 0.2) is 0 Å². The fourth-order valence-corrected chi connectivity index (χ4v) is 1.46. The zero-order valence-corrected chi connectivity index (χ0v) is 8.43. The summed E-state index contributed by atoms with van der Waals surface area (Å²) in [5, 5.41) is 9.80. The fourth-order valence-electron chi connectivity index (χ4n) is 1.46. The summed E-state index contributed by atoms with van der Waals surface area (Å²) in [4.78, 5) is 0. The van der Waals surface area contributed by atoms with Crippen molar-refractivity contribution in [2.75, 3.05) is 0 Å². The predicted octanol–water partition coefficient (Wildman–Crippen LogP) is 2.89. The number of hydrogen-bond acceptors (Lipinski definition) is 1. The van der Waals surface area contributed by atoms with Gasteiger partial charge in [-0.05, 0) is 12.5 Å². The molecule has 1 aromatic carbocycles. The van der Waals surface area contributed by atoms with Crippen molar-refractivity contribution in [3.63, 3.8) is 0 Å². The number of aliphatic hydroxyl groups is 1. The zero-order valence-electron chi connectivity index (χ0n) is 8.43. The molecule has 0 saturated heterocycles. The lowest BCUT2D eigenvalue weighted by Crippen LogP contribution is -2.13. The van der Waals surface area contributed by atoms with Crippen LogP contribution in [0, 0.1) is 0 Å². The highest BCUT2D eigenvalue weighted by molar-refractivity contribution is 5.26. The number of aliphatic hydroxyl groups excluding tert-OH is 1. The van der Waals surface area contributed by atoms with Gasteiger partial charge in [-0.3, -0.25) is 0 Å². The number of allylic oxidation sites excluding steroid dienone is 1. The SMILES string of the molecule is C=C[C@@H](c1ccccc1)[C@@H](O)/C=C/C. The molecular weight excluding hydrogens is 172 g/mol. The first-order valence-corrected chi connectivity index (χ1v) is 4.78. The molecule has 1 aromatic rings. The Kier molecular flexibility index (Phi) is 4.14. The van der Waals surface area contributed by atoms with Gasteiger partial charge in [-0.1, -0.05) is 48.6 Å². The van der Waals surface area contributed by atoms with Gasteiger partial charge < -0.3 is 5.11 Å². The van der Waals surface area contributed by atoms with Crippen LogP contribution < -0.4 is 0 Å². The van der Waals surface area contributed by atoms with E-state index in [-0.39, 0.29) is 5.92 Å². The van der Waals surface area contributed by atoms with Crippen molar-refractivity contribution in [2.45, 2.75) is 18.9 Å². The molecule has 74 valence electrons. The van der Waals surface area contributed by atoms with Crippen LogP contribution in [0.2, 0.25) is 0 Å². The van der Waals surface area contributed by atoms with Crippen molar-refractivity contribution in [2.24, 2.45) is 0 Å². The van der Waals surface area contributed by atoms with Crippen molar-refractivity contribution in [3.05, 3.63) is 60.7 Å². The Morgan fingerprint density at radius 3 is 2.43 bits per heavy atom. The molecule has 14 heavy (non-hydrogen) atoms. The summed E-state index contributed by atoms with van der Waals surface area (Å²) >= 11 is 0. The molecule has 0 amide bonds. The number of rotatable bonds is 4. The molecule has 1 rings (SSSR count). The van der Waals surface area contributed by atoms with Gasteiger partial charge >= 0.3 is 0 Å². The van der Waals surface area contributed by atoms with Gasteiger partial charge in [0.2, 0.25) is 0 Å². The first-order chi connectivity index (χ1) is 6.79. The van der Waals surface area contributed by atoms with E-state index in [1.165, 1.54) is 0 Å². The van der Waals surface area contributed by atoms with Crippen molar-refractivity contribution < 1.29 is 5.11 Å². The highest BCUT2D eigenvalue weighted by atomic mass is 16.3. The van der Waals surface area contributed by atoms with Crippen LogP contribution in [0.3, 0.4) is 0 Å². The van der Waals surface area contributed by atoms with Crippen LogP contribution in [0.1, 0.15) is 18.4 Å².